The van der Waals surface area contributed by atoms with Crippen LogP contribution in [-0.2, 0) is 9.47 Å². The lowest BCUT2D eigenvalue weighted by Gasteiger charge is -2.24. The molecule has 0 atom stereocenters. The minimum absolute atomic E-state index is 0.156. The van der Waals surface area contributed by atoms with Crippen LogP contribution in [0.3, 0.4) is 0 Å². The third-order valence-electron chi connectivity index (χ3n) is 2.16. The molecule has 5 nitrogen and oxygen atoms in total. The predicted molar refractivity (Wildman–Crippen MR) is 72.7 cm³/mol. The van der Waals surface area contributed by atoms with Gasteiger partial charge >= 0.3 is 5.97 Å². The second-order valence-electron chi connectivity index (χ2n) is 4.18. The van der Waals surface area contributed by atoms with Crippen molar-refractivity contribution in [1.29, 1.82) is 0 Å². The maximum Gasteiger partial charge on any atom is 0.351 e. The Kier molecular flexibility index (Phi) is 5.37. The second-order valence-corrected chi connectivity index (χ2v) is 5.53. The van der Waals surface area contributed by atoms with E-state index in [-0.39, 0.29) is 10.8 Å². The first-order valence-corrected chi connectivity index (χ1v) is 6.71. The molecule has 0 saturated heterocycles. The Balaban J connectivity index is 2.67. The van der Waals surface area contributed by atoms with Crippen molar-refractivity contribution in [3.8, 4) is 0 Å². The highest BCUT2D eigenvalue weighted by molar-refractivity contribution is 7.18. The van der Waals surface area contributed by atoms with Gasteiger partial charge in [-0.15, -0.1) is 0 Å². The first kappa shape index (κ1) is 15.2. The molecule has 0 aliphatic heterocycles. The Hall–Kier alpha value is -0.850. The molecule has 1 N–H and O–H groups in total. The number of esters is 1. The third-order valence-corrected chi connectivity index (χ3v) is 3.54. The smallest absolute Gasteiger partial charge is 0.351 e. The van der Waals surface area contributed by atoms with Crippen molar-refractivity contribution in [2.45, 2.75) is 26.4 Å². The van der Waals surface area contributed by atoms with E-state index in [1.54, 1.807) is 0 Å². The van der Waals surface area contributed by atoms with Gasteiger partial charge in [-0.2, -0.15) is 0 Å². The summed E-state index contributed by atoms with van der Waals surface area (Å²) < 4.78 is 10.2. The van der Waals surface area contributed by atoms with Crippen molar-refractivity contribution in [3.05, 3.63) is 10.0 Å². The molecule has 0 aliphatic carbocycles. The van der Waals surface area contributed by atoms with E-state index in [9.17, 15) is 4.79 Å². The SMILES string of the molecule is CCOC(C)(C)CNc1nc(Cl)c(C(=O)OC)s1. The largest absolute Gasteiger partial charge is 0.465 e. The van der Waals surface area contributed by atoms with Crippen molar-refractivity contribution in [1.82, 2.24) is 4.98 Å². The molecule has 0 unspecified atom stereocenters. The molecule has 1 heterocycles. The fraction of sp³-hybridized carbons (Fsp3) is 0.636. The molecule has 1 aromatic rings. The number of rotatable bonds is 6. The second kappa shape index (κ2) is 6.36. The first-order chi connectivity index (χ1) is 8.39. The lowest BCUT2D eigenvalue weighted by Crippen LogP contribution is -2.33. The number of thiazole rings is 1. The minimum atomic E-state index is -0.477. The Bertz CT molecular complexity index is 420. The van der Waals surface area contributed by atoms with Crippen LogP contribution in [-0.4, -0.2) is 36.8 Å². The lowest BCUT2D eigenvalue weighted by atomic mass is 10.1. The van der Waals surface area contributed by atoms with Crippen molar-refractivity contribution in [2.75, 3.05) is 25.6 Å². The van der Waals surface area contributed by atoms with Crippen LogP contribution in [0.5, 0.6) is 0 Å². The molecule has 0 fully saturated rings. The topological polar surface area (TPSA) is 60.5 Å². The van der Waals surface area contributed by atoms with E-state index in [4.69, 9.17) is 16.3 Å². The van der Waals surface area contributed by atoms with Gasteiger partial charge in [0.05, 0.1) is 12.7 Å². The molecule has 1 rings (SSSR count). The number of nitrogens with one attached hydrogen (secondary N) is 1. The first-order valence-electron chi connectivity index (χ1n) is 5.52. The molecule has 0 radical (unpaired) electrons. The zero-order chi connectivity index (χ0) is 13.8. The van der Waals surface area contributed by atoms with E-state index >= 15 is 0 Å². The molecule has 0 bridgehead atoms. The van der Waals surface area contributed by atoms with Gasteiger partial charge in [0, 0.05) is 13.2 Å². The predicted octanol–water partition coefficient (Wildman–Crippen LogP) is 2.81. The highest BCUT2D eigenvalue weighted by atomic mass is 35.5. The van der Waals surface area contributed by atoms with E-state index in [0.29, 0.717) is 23.2 Å². The maximum absolute atomic E-state index is 11.4. The molecule has 0 amide bonds. The number of hydrogen-bond donors (Lipinski definition) is 1. The summed E-state index contributed by atoms with van der Waals surface area (Å²) in [5.74, 6) is -0.477. The molecule has 0 aromatic carbocycles. The summed E-state index contributed by atoms with van der Waals surface area (Å²) in [4.78, 5) is 15.7. The zero-order valence-corrected chi connectivity index (χ0v) is 12.4. The number of methoxy groups -OCH3 is 1. The molecular weight excluding hydrogens is 276 g/mol. The molecule has 0 aliphatic rings. The maximum atomic E-state index is 11.4. The highest BCUT2D eigenvalue weighted by Gasteiger charge is 2.20. The van der Waals surface area contributed by atoms with Crippen molar-refractivity contribution in [3.63, 3.8) is 0 Å². The highest BCUT2D eigenvalue weighted by Crippen LogP contribution is 2.28. The van der Waals surface area contributed by atoms with Gasteiger partial charge in [-0.05, 0) is 20.8 Å². The lowest BCUT2D eigenvalue weighted by molar-refractivity contribution is 0.000691. The van der Waals surface area contributed by atoms with Gasteiger partial charge in [0.2, 0.25) is 0 Å². The van der Waals surface area contributed by atoms with Gasteiger partial charge in [-0.3, -0.25) is 0 Å². The monoisotopic (exact) mass is 292 g/mol. The van der Waals surface area contributed by atoms with Crippen LogP contribution in [0.1, 0.15) is 30.4 Å². The summed E-state index contributed by atoms with van der Waals surface area (Å²) in [5, 5.41) is 3.83. The van der Waals surface area contributed by atoms with E-state index in [0.717, 1.165) is 0 Å². The molecule has 0 saturated carbocycles. The van der Waals surface area contributed by atoms with E-state index in [1.807, 2.05) is 20.8 Å². The van der Waals surface area contributed by atoms with Gasteiger partial charge in [-0.1, -0.05) is 22.9 Å². The number of halogens is 1. The molecule has 18 heavy (non-hydrogen) atoms. The summed E-state index contributed by atoms with van der Waals surface area (Å²) >= 11 is 7.02. The van der Waals surface area contributed by atoms with Crippen LogP contribution >= 0.6 is 22.9 Å². The number of hydrogen-bond acceptors (Lipinski definition) is 6. The van der Waals surface area contributed by atoms with E-state index in [2.05, 4.69) is 15.0 Å². The van der Waals surface area contributed by atoms with Gasteiger partial charge in [0.15, 0.2) is 15.2 Å². The fourth-order valence-electron chi connectivity index (χ4n) is 1.33. The molecule has 7 heteroatoms. The van der Waals surface area contributed by atoms with Gasteiger partial charge in [0.1, 0.15) is 0 Å². The number of ether oxygens (including phenoxy) is 2. The van der Waals surface area contributed by atoms with Crippen molar-refractivity contribution < 1.29 is 14.3 Å². The number of aromatic nitrogens is 1. The Morgan fingerprint density at radius 2 is 2.22 bits per heavy atom. The number of carbonyl (C=O) groups excluding carboxylic acids is 1. The van der Waals surface area contributed by atoms with Crippen molar-refractivity contribution in [2.24, 2.45) is 0 Å². The standard InChI is InChI=1S/C11H17ClN2O3S/c1-5-17-11(2,3)6-13-10-14-8(12)7(18-10)9(15)16-4/h5-6H2,1-4H3,(H,13,14). The minimum Gasteiger partial charge on any atom is -0.465 e. The number of carbonyl (C=O) groups is 1. The Morgan fingerprint density at radius 1 is 1.56 bits per heavy atom. The molecule has 0 spiro atoms. The Morgan fingerprint density at radius 3 is 2.78 bits per heavy atom. The summed E-state index contributed by atoms with van der Waals surface area (Å²) in [6.07, 6.45) is 0. The Labute approximate surface area is 115 Å². The fourth-order valence-corrected chi connectivity index (χ4v) is 2.42. The quantitative estimate of drug-likeness (QED) is 0.817. The number of anilines is 1. The molecule has 1 aromatic heterocycles. The van der Waals surface area contributed by atoms with Crippen LogP contribution in [0.15, 0.2) is 0 Å². The summed E-state index contributed by atoms with van der Waals surface area (Å²) in [7, 11) is 1.31. The van der Waals surface area contributed by atoms with Gasteiger partial charge < -0.3 is 14.8 Å². The third kappa shape index (κ3) is 4.12. The average Bonchev–Trinajstić information content (AvgIpc) is 2.67. The van der Waals surface area contributed by atoms with Crippen molar-refractivity contribution >= 4 is 34.0 Å². The van der Waals surface area contributed by atoms with E-state index in [1.165, 1.54) is 18.4 Å². The zero-order valence-electron chi connectivity index (χ0n) is 10.9. The normalized spacial score (nSPS) is 11.4. The van der Waals surface area contributed by atoms with Crippen LogP contribution in [0.25, 0.3) is 0 Å². The van der Waals surface area contributed by atoms with E-state index < -0.39 is 5.97 Å². The van der Waals surface area contributed by atoms with Crippen LogP contribution in [0, 0.1) is 0 Å². The van der Waals surface area contributed by atoms with Crippen LogP contribution < -0.4 is 5.32 Å². The number of nitrogens with zero attached hydrogens (tertiary/aromatic N) is 1. The summed E-state index contributed by atoms with van der Waals surface area (Å²) in [5.41, 5.74) is -0.307. The molecular formula is C11H17ClN2O3S. The van der Waals surface area contributed by atoms with Crippen LogP contribution in [0.2, 0.25) is 5.15 Å². The average molecular weight is 293 g/mol. The molecule has 102 valence electrons. The summed E-state index contributed by atoms with van der Waals surface area (Å²) in [6, 6.07) is 0. The van der Waals surface area contributed by atoms with Gasteiger partial charge in [-0.25, -0.2) is 9.78 Å². The van der Waals surface area contributed by atoms with Crippen LogP contribution in [0.4, 0.5) is 5.13 Å². The van der Waals surface area contributed by atoms with Gasteiger partial charge in [0.25, 0.3) is 0 Å². The summed E-state index contributed by atoms with van der Waals surface area (Å²) in [6.45, 7) is 7.10.